The van der Waals surface area contributed by atoms with E-state index in [4.69, 9.17) is 0 Å². The molecule has 0 spiro atoms. The first-order valence-corrected chi connectivity index (χ1v) is 13.2. The SMILES string of the molecule is CCN(CC)C(=O)CN1CCN(C(=O)CCc2nc3cc(S(=O)(=O)N(C)C)ccc3n2C)CC1. The first-order chi connectivity index (χ1) is 16.1. The van der Waals surface area contributed by atoms with E-state index < -0.39 is 10.0 Å². The van der Waals surface area contributed by atoms with Crippen molar-refractivity contribution in [2.24, 2.45) is 7.05 Å². The van der Waals surface area contributed by atoms with Gasteiger partial charge in [0.25, 0.3) is 0 Å². The zero-order chi connectivity index (χ0) is 25.0. The number of nitrogens with zero attached hydrogens (tertiary/aromatic N) is 6. The highest BCUT2D eigenvalue weighted by molar-refractivity contribution is 7.89. The Morgan fingerprint density at radius 2 is 1.71 bits per heavy atom. The van der Waals surface area contributed by atoms with Gasteiger partial charge in [-0.1, -0.05) is 0 Å². The standard InChI is InChI=1S/C23H36N6O4S/c1-6-28(7-2)23(31)17-27-12-14-29(15-13-27)22(30)11-10-21-24-19-16-18(34(32,33)25(3)4)8-9-20(19)26(21)5/h8-9,16H,6-7,10-15,17H2,1-5H3. The van der Waals surface area contributed by atoms with Crippen LogP contribution in [0.25, 0.3) is 11.0 Å². The van der Waals surface area contributed by atoms with Crippen molar-refractivity contribution in [3.8, 4) is 0 Å². The molecule has 1 aromatic heterocycles. The van der Waals surface area contributed by atoms with Crippen molar-refractivity contribution < 1.29 is 18.0 Å². The summed E-state index contributed by atoms with van der Waals surface area (Å²) in [6.45, 7) is 8.38. The lowest BCUT2D eigenvalue weighted by Crippen LogP contribution is -2.51. The molecule has 0 bridgehead atoms. The normalized spacial score (nSPS) is 15.3. The van der Waals surface area contributed by atoms with E-state index in [2.05, 4.69) is 9.88 Å². The second kappa shape index (κ2) is 10.8. The highest BCUT2D eigenvalue weighted by Gasteiger charge is 2.24. The van der Waals surface area contributed by atoms with E-state index in [1.54, 1.807) is 18.2 Å². The smallest absolute Gasteiger partial charge is 0.242 e. The Kier molecular flexibility index (Phi) is 8.32. The van der Waals surface area contributed by atoms with Crippen LogP contribution in [-0.2, 0) is 33.1 Å². The van der Waals surface area contributed by atoms with Crippen LogP contribution in [0, 0.1) is 0 Å². The summed E-state index contributed by atoms with van der Waals surface area (Å²) in [6.07, 6.45) is 0.804. The summed E-state index contributed by atoms with van der Waals surface area (Å²) in [7, 11) is 1.33. The van der Waals surface area contributed by atoms with Gasteiger partial charge in [0.05, 0.1) is 22.5 Å². The third-order valence-corrected chi connectivity index (χ3v) is 8.30. The highest BCUT2D eigenvalue weighted by atomic mass is 32.2. The van der Waals surface area contributed by atoms with Crippen LogP contribution in [0.1, 0.15) is 26.1 Å². The third-order valence-electron chi connectivity index (χ3n) is 6.49. The number of rotatable bonds is 9. The van der Waals surface area contributed by atoms with Crippen LogP contribution in [0.5, 0.6) is 0 Å². The van der Waals surface area contributed by atoms with E-state index in [1.807, 2.05) is 35.3 Å². The predicted octanol–water partition coefficient (Wildman–Crippen LogP) is 0.769. The molecule has 1 aliphatic rings. The number of piperazine rings is 1. The highest BCUT2D eigenvalue weighted by Crippen LogP contribution is 2.22. The summed E-state index contributed by atoms with van der Waals surface area (Å²) in [4.78, 5) is 35.7. The fraction of sp³-hybridized carbons (Fsp3) is 0.609. The number of amides is 2. The Bertz CT molecular complexity index is 1130. The fourth-order valence-electron chi connectivity index (χ4n) is 4.22. The van der Waals surface area contributed by atoms with Crippen LogP contribution in [0.3, 0.4) is 0 Å². The molecular formula is C23H36N6O4S. The summed E-state index contributed by atoms with van der Waals surface area (Å²) in [5.74, 6) is 0.942. The maximum atomic E-state index is 12.8. The maximum Gasteiger partial charge on any atom is 0.242 e. The molecule has 34 heavy (non-hydrogen) atoms. The van der Waals surface area contributed by atoms with Gasteiger partial charge in [0, 0.05) is 73.3 Å². The fourth-order valence-corrected chi connectivity index (χ4v) is 5.15. The quantitative estimate of drug-likeness (QED) is 0.513. The lowest BCUT2D eigenvalue weighted by molar-refractivity contribution is -0.135. The van der Waals surface area contributed by atoms with Crippen molar-refractivity contribution in [2.45, 2.75) is 31.6 Å². The van der Waals surface area contributed by atoms with Crippen molar-refractivity contribution in [2.75, 3.05) is 59.9 Å². The van der Waals surface area contributed by atoms with E-state index in [0.717, 1.165) is 11.3 Å². The summed E-state index contributed by atoms with van der Waals surface area (Å²) in [5.41, 5.74) is 1.42. The zero-order valence-electron chi connectivity index (χ0n) is 20.8. The first-order valence-electron chi connectivity index (χ1n) is 11.7. The minimum Gasteiger partial charge on any atom is -0.342 e. The average Bonchev–Trinajstić information content (AvgIpc) is 3.13. The molecule has 2 aromatic rings. The van der Waals surface area contributed by atoms with Crippen molar-refractivity contribution in [3.05, 3.63) is 24.0 Å². The average molecular weight is 493 g/mol. The molecule has 0 aliphatic carbocycles. The van der Waals surface area contributed by atoms with Crippen molar-refractivity contribution >= 4 is 32.9 Å². The molecule has 0 N–H and O–H groups in total. The lowest BCUT2D eigenvalue weighted by atomic mass is 10.2. The largest absolute Gasteiger partial charge is 0.342 e. The van der Waals surface area contributed by atoms with Crippen molar-refractivity contribution in [3.63, 3.8) is 0 Å². The van der Waals surface area contributed by atoms with Gasteiger partial charge in [-0.2, -0.15) is 0 Å². The van der Waals surface area contributed by atoms with E-state index in [0.29, 0.717) is 64.2 Å². The Hall–Kier alpha value is -2.50. The molecule has 0 saturated carbocycles. The topological polar surface area (TPSA) is 99.1 Å². The second-order valence-electron chi connectivity index (χ2n) is 8.75. The van der Waals surface area contributed by atoms with Gasteiger partial charge in [-0.15, -0.1) is 0 Å². The molecule has 2 amide bonds. The van der Waals surface area contributed by atoms with Crippen LogP contribution in [0.15, 0.2) is 23.1 Å². The van der Waals surface area contributed by atoms with Gasteiger partial charge in [0.15, 0.2) is 0 Å². The number of aromatic nitrogens is 2. The number of fused-ring (bicyclic) bond motifs is 1. The number of sulfonamides is 1. The molecule has 10 nitrogen and oxygen atoms in total. The summed E-state index contributed by atoms with van der Waals surface area (Å²) >= 11 is 0. The molecule has 3 rings (SSSR count). The Balaban J connectivity index is 1.57. The van der Waals surface area contributed by atoms with E-state index >= 15 is 0 Å². The molecule has 1 fully saturated rings. The Morgan fingerprint density at radius 1 is 1.06 bits per heavy atom. The van der Waals surface area contributed by atoms with Crippen molar-refractivity contribution in [1.82, 2.24) is 28.6 Å². The number of imidazole rings is 1. The molecule has 1 aromatic carbocycles. The minimum atomic E-state index is -3.54. The first kappa shape index (κ1) is 26.1. The van der Waals surface area contributed by atoms with Gasteiger partial charge in [0.1, 0.15) is 5.82 Å². The van der Waals surface area contributed by atoms with Crippen LogP contribution in [0.4, 0.5) is 0 Å². The van der Waals surface area contributed by atoms with Gasteiger partial charge < -0.3 is 14.4 Å². The molecule has 11 heteroatoms. The van der Waals surface area contributed by atoms with Gasteiger partial charge >= 0.3 is 0 Å². The number of carbonyl (C=O) groups excluding carboxylic acids is 2. The molecule has 0 unspecified atom stereocenters. The van der Waals surface area contributed by atoms with E-state index in [-0.39, 0.29) is 16.7 Å². The van der Waals surface area contributed by atoms with Crippen LogP contribution >= 0.6 is 0 Å². The molecule has 1 saturated heterocycles. The second-order valence-corrected chi connectivity index (χ2v) is 10.9. The number of likely N-dealkylation sites (N-methyl/N-ethyl adjacent to an activating group) is 1. The summed E-state index contributed by atoms with van der Waals surface area (Å²) in [5, 5.41) is 0. The zero-order valence-corrected chi connectivity index (χ0v) is 21.6. The maximum absolute atomic E-state index is 12.8. The minimum absolute atomic E-state index is 0.0673. The number of aryl methyl sites for hydroxylation is 2. The molecule has 0 atom stereocenters. The molecule has 2 heterocycles. The monoisotopic (exact) mass is 492 g/mol. The Morgan fingerprint density at radius 3 is 2.29 bits per heavy atom. The van der Waals surface area contributed by atoms with Crippen LogP contribution in [0.2, 0.25) is 0 Å². The molecule has 188 valence electrons. The number of carbonyl (C=O) groups is 2. The van der Waals surface area contributed by atoms with Gasteiger partial charge in [-0.25, -0.2) is 17.7 Å². The van der Waals surface area contributed by atoms with Crippen LogP contribution in [-0.4, -0.2) is 109 Å². The van der Waals surface area contributed by atoms with Gasteiger partial charge in [0.2, 0.25) is 21.8 Å². The molecular weight excluding hydrogens is 456 g/mol. The van der Waals surface area contributed by atoms with Crippen LogP contribution < -0.4 is 0 Å². The van der Waals surface area contributed by atoms with Gasteiger partial charge in [-0.3, -0.25) is 14.5 Å². The van der Waals surface area contributed by atoms with E-state index in [1.165, 1.54) is 18.4 Å². The number of hydrogen-bond acceptors (Lipinski definition) is 6. The summed E-state index contributed by atoms with van der Waals surface area (Å²) in [6, 6.07) is 4.91. The number of hydrogen-bond donors (Lipinski definition) is 0. The third kappa shape index (κ3) is 5.59. The molecule has 0 radical (unpaired) electrons. The van der Waals surface area contributed by atoms with Crippen molar-refractivity contribution in [1.29, 1.82) is 0 Å². The predicted molar refractivity (Wildman–Crippen MR) is 131 cm³/mol. The number of benzene rings is 1. The molecule has 1 aliphatic heterocycles. The summed E-state index contributed by atoms with van der Waals surface area (Å²) < 4.78 is 27.9. The Labute approximate surface area is 202 Å². The lowest BCUT2D eigenvalue weighted by Gasteiger charge is -2.35. The van der Waals surface area contributed by atoms with E-state index in [9.17, 15) is 18.0 Å². The van der Waals surface area contributed by atoms with Gasteiger partial charge in [-0.05, 0) is 32.0 Å².